The average molecular weight is 424 g/mol. The monoisotopic (exact) mass is 423 g/mol. The molecule has 0 saturated heterocycles. The van der Waals surface area contributed by atoms with E-state index in [1.165, 1.54) is 7.11 Å². The molecule has 0 spiro atoms. The van der Waals surface area contributed by atoms with Crippen LogP contribution in [0.25, 0.3) is 22.2 Å². The second kappa shape index (κ2) is 6.92. The number of hydrogen-bond donors (Lipinski definition) is 3. The third-order valence-electron chi connectivity index (χ3n) is 4.39. The molecule has 1 amide bonds. The summed E-state index contributed by atoms with van der Waals surface area (Å²) in [6, 6.07) is 8.94. The SMILES string of the molecule is COc1cc(-c2cc3cc(N)ccc3[nH]2)c2c(c1OS(C)(=O)=O)CNC2=O.Cl. The van der Waals surface area contributed by atoms with E-state index in [0.717, 1.165) is 17.2 Å². The normalized spacial score (nSPS) is 13.0. The predicted octanol–water partition coefficient (Wildman–Crippen LogP) is 2.43. The minimum atomic E-state index is -3.79. The van der Waals surface area contributed by atoms with Crippen molar-refractivity contribution >= 4 is 45.0 Å². The van der Waals surface area contributed by atoms with Crippen molar-refractivity contribution in [3.8, 4) is 22.8 Å². The summed E-state index contributed by atoms with van der Waals surface area (Å²) in [6.07, 6.45) is 0.943. The van der Waals surface area contributed by atoms with Gasteiger partial charge in [0.25, 0.3) is 5.91 Å². The number of aromatic amines is 1. The van der Waals surface area contributed by atoms with Crippen molar-refractivity contribution in [2.45, 2.75) is 6.54 Å². The Morgan fingerprint density at radius 3 is 2.61 bits per heavy atom. The van der Waals surface area contributed by atoms with E-state index in [2.05, 4.69) is 10.3 Å². The van der Waals surface area contributed by atoms with Crippen LogP contribution in [0, 0.1) is 0 Å². The first-order chi connectivity index (χ1) is 12.8. The van der Waals surface area contributed by atoms with Gasteiger partial charge in [-0.05, 0) is 30.3 Å². The number of nitrogen functional groups attached to an aromatic ring is 1. The summed E-state index contributed by atoms with van der Waals surface area (Å²) < 4.78 is 33.8. The molecule has 0 saturated carbocycles. The van der Waals surface area contributed by atoms with Crippen molar-refractivity contribution in [2.24, 2.45) is 0 Å². The van der Waals surface area contributed by atoms with Crippen LogP contribution >= 0.6 is 12.4 Å². The van der Waals surface area contributed by atoms with Gasteiger partial charge in [-0.15, -0.1) is 12.4 Å². The quantitative estimate of drug-likeness (QED) is 0.437. The summed E-state index contributed by atoms with van der Waals surface area (Å²) >= 11 is 0. The molecule has 1 aliphatic rings. The minimum Gasteiger partial charge on any atom is -0.493 e. The van der Waals surface area contributed by atoms with Gasteiger partial charge >= 0.3 is 10.1 Å². The first-order valence-electron chi connectivity index (χ1n) is 8.07. The number of halogens is 1. The zero-order valence-corrected chi connectivity index (χ0v) is 16.7. The van der Waals surface area contributed by atoms with Crippen molar-refractivity contribution < 1.29 is 22.1 Å². The fourth-order valence-corrected chi connectivity index (χ4v) is 3.77. The largest absolute Gasteiger partial charge is 0.493 e. The van der Waals surface area contributed by atoms with Gasteiger partial charge in [0.15, 0.2) is 11.5 Å². The zero-order chi connectivity index (χ0) is 19.3. The lowest BCUT2D eigenvalue weighted by atomic mass is 9.98. The number of methoxy groups -OCH3 is 1. The van der Waals surface area contributed by atoms with Crippen LogP contribution in [-0.4, -0.2) is 32.7 Å². The highest BCUT2D eigenvalue weighted by molar-refractivity contribution is 7.86. The topological polar surface area (TPSA) is 124 Å². The summed E-state index contributed by atoms with van der Waals surface area (Å²) in [4.78, 5) is 15.7. The molecule has 0 radical (unpaired) electrons. The summed E-state index contributed by atoms with van der Waals surface area (Å²) in [6.45, 7) is 0.149. The molecular weight excluding hydrogens is 406 g/mol. The van der Waals surface area contributed by atoms with Crippen LogP contribution in [0.15, 0.2) is 30.3 Å². The second-order valence-corrected chi connectivity index (χ2v) is 7.88. The average Bonchev–Trinajstić information content (AvgIpc) is 3.17. The Balaban J connectivity index is 0.00000225. The Morgan fingerprint density at radius 2 is 1.93 bits per heavy atom. The Bertz CT molecular complexity index is 1200. The number of benzene rings is 2. The van der Waals surface area contributed by atoms with Crippen LogP contribution in [0.4, 0.5) is 5.69 Å². The van der Waals surface area contributed by atoms with Gasteiger partial charge in [-0.3, -0.25) is 4.79 Å². The standard InChI is InChI=1S/C18H17N3O5S.ClH/c1-25-15-7-11(14-6-9-5-10(19)3-4-13(9)21-14)16-12(8-20-18(16)22)17(15)26-27(2,23)24;/h3-7,21H,8,19H2,1-2H3,(H,20,22);1H. The molecule has 4 N–H and O–H groups in total. The first-order valence-corrected chi connectivity index (χ1v) is 9.88. The molecule has 8 nitrogen and oxygen atoms in total. The molecule has 28 heavy (non-hydrogen) atoms. The van der Waals surface area contributed by atoms with Crippen molar-refractivity contribution in [2.75, 3.05) is 19.1 Å². The summed E-state index contributed by atoms with van der Waals surface area (Å²) in [5.74, 6) is -0.0551. The lowest BCUT2D eigenvalue weighted by Crippen LogP contribution is -2.13. The first kappa shape index (κ1) is 19.8. The van der Waals surface area contributed by atoms with E-state index in [9.17, 15) is 13.2 Å². The Hall–Kier alpha value is -2.91. The number of nitrogens with two attached hydrogens (primary N) is 1. The highest BCUT2D eigenvalue weighted by Gasteiger charge is 2.31. The van der Waals surface area contributed by atoms with Gasteiger partial charge in [-0.1, -0.05) is 0 Å². The maximum Gasteiger partial charge on any atom is 0.306 e. The van der Waals surface area contributed by atoms with Crippen LogP contribution < -0.4 is 20.0 Å². The lowest BCUT2D eigenvalue weighted by molar-refractivity contribution is 0.0966. The van der Waals surface area contributed by atoms with Crippen molar-refractivity contribution in [1.29, 1.82) is 0 Å². The van der Waals surface area contributed by atoms with Gasteiger partial charge in [0.2, 0.25) is 0 Å². The van der Waals surface area contributed by atoms with Gasteiger partial charge in [-0.25, -0.2) is 0 Å². The van der Waals surface area contributed by atoms with Gasteiger partial charge in [0.05, 0.1) is 18.9 Å². The molecule has 4 rings (SSSR count). The van der Waals surface area contributed by atoms with E-state index >= 15 is 0 Å². The lowest BCUT2D eigenvalue weighted by Gasteiger charge is -2.15. The van der Waals surface area contributed by atoms with E-state index in [0.29, 0.717) is 28.1 Å². The molecule has 10 heteroatoms. The van der Waals surface area contributed by atoms with Crippen molar-refractivity contribution in [3.05, 3.63) is 41.5 Å². The number of hydrogen-bond acceptors (Lipinski definition) is 6. The Kier molecular flexibility index (Phi) is 4.90. The third-order valence-corrected chi connectivity index (χ3v) is 4.86. The maximum absolute atomic E-state index is 12.5. The van der Waals surface area contributed by atoms with E-state index in [4.69, 9.17) is 14.7 Å². The number of fused-ring (bicyclic) bond motifs is 2. The number of carbonyl (C=O) groups is 1. The van der Waals surface area contributed by atoms with Crippen LogP contribution in [0.1, 0.15) is 15.9 Å². The van der Waals surface area contributed by atoms with Crippen molar-refractivity contribution in [1.82, 2.24) is 10.3 Å². The number of amides is 1. The third kappa shape index (κ3) is 3.34. The number of rotatable bonds is 4. The highest BCUT2D eigenvalue weighted by atomic mass is 35.5. The van der Waals surface area contributed by atoms with Crippen LogP contribution in [0.3, 0.4) is 0 Å². The van der Waals surface area contributed by atoms with Crippen molar-refractivity contribution in [3.63, 3.8) is 0 Å². The van der Waals surface area contributed by atoms with Crippen LogP contribution in [0.5, 0.6) is 11.5 Å². The predicted molar refractivity (Wildman–Crippen MR) is 109 cm³/mol. The van der Waals surface area contributed by atoms with Gasteiger partial charge in [-0.2, -0.15) is 8.42 Å². The molecule has 1 aliphatic heterocycles. The van der Waals surface area contributed by atoms with E-state index < -0.39 is 10.1 Å². The summed E-state index contributed by atoms with van der Waals surface area (Å²) in [5, 5.41) is 3.61. The van der Waals surface area contributed by atoms with E-state index in [-0.39, 0.29) is 36.4 Å². The highest BCUT2D eigenvalue weighted by Crippen LogP contribution is 2.43. The molecule has 0 fully saturated rings. The van der Waals surface area contributed by atoms with Crippen LogP contribution in [-0.2, 0) is 16.7 Å². The van der Waals surface area contributed by atoms with Gasteiger partial charge in [0.1, 0.15) is 0 Å². The number of carbonyl (C=O) groups excluding carboxylic acids is 1. The molecule has 0 aliphatic carbocycles. The maximum atomic E-state index is 12.5. The molecule has 0 bridgehead atoms. The Labute approximate surface area is 167 Å². The Morgan fingerprint density at radius 1 is 1.18 bits per heavy atom. The fraction of sp³-hybridized carbons (Fsp3) is 0.167. The number of aromatic nitrogens is 1. The molecule has 2 aromatic carbocycles. The van der Waals surface area contributed by atoms with E-state index in [1.807, 2.05) is 18.2 Å². The molecule has 3 aromatic rings. The minimum absolute atomic E-state index is 0. The van der Waals surface area contributed by atoms with Gasteiger partial charge in [0, 0.05) is 40.0 Å². The molecule has 148 valence electrons. The molecule has 2 heterocycles. The smallest absolute Gasteiger partial charge is 0.306 e. The number of H-pyrrole nitrogens is 1. The zero-order valence-electron chi connectivity index (χ0n) is 15.0. The second-order valence-electron chi connectivity index (χ2n) is 6.31. The summed E-state index contributed by atoms with van der Waals surface area (Å²) in [7, 11) is -2.38. The molecular formula is C18H18ClN3O5S. The number of anilines is 1. The molecule has 1 aromatic heterocycles. The van der Waals surface area contributed by atoms with Gasteiger partial charge < -0.3 is 25.0 Å². The van der Waals surface area contributed by atoms with E-state index in [1.54, 1.807) is 12.1 Å². The van der Waals surface area contributed by atoms with Crippen LogP contribution in [0.2, 0.25) is 0 Å². The molecule has 0 atom stereocenters. The molecule has 0 unspecified atom stereocenters. The summed E-state index contributed by atoms with van der Waals surface area (Å²) in [5.41, 5.74) is 9.41. The number of ether oxygens (including phenoxy) is 1. The fourth-order valence-electron chi connectivity index (χ4n) is 3.28. The number of nitrogens with one attached hydrogen (secondary N) is 2.